The van der Waals surface area contributed by atoms with E-state index in [9.17, 15) is 9.90 Å². The molecule has 7 nitrogen and oxygen atoms in total. The predicted molar refractivity (Wildman–Crippen MR) is 99.4 cm³/mol. The zero-order valence-corrected chi connectivity index (χ0v) is 16.4. The summed E-state index contributed by atoms with van der Waals surface area (Å²) < 4.78 is 21.8. The molecule has 1 unspecified atom stereocenters. The first kappa shape index (κ1) is 19.8. The molecular formula is C20H29NO6. The number of aliphatic hydroxyl groups excluding tert-OH is 1. The SMILES string of the molecule is COC(=O)N1CC(c2ccc(OC)c(O[C@@H]3CCOC3)c2)[C@](C)([C@@H](C)O)C1. The molecule has 1 N–H and O–H groups in total. The van der Waals surface area contributed by atoms with Crippen molar-refractivity contribution in [1.29, 1.82) is 0 Å². The van der Waals surface area contributed by atoms with Crippen molar-refractivity contribution in [3.05, 3.63) is 23.8 Å². The topological polar surface area (TPSA) is 77.5 Å². The molecule has 2 fully saturated rings. The van der Waals surface area contributed by atoms with E-state index in [1.807, 2.05) is 25.1 Å². The highest BCUT2D eigenvalue weighted by Gasteiger charge is 2.48. The Labute approximate surface area is 160 Å². The Morgan fingerprint density at radius 2 is 2.15 bits per heavy atom. The normalized spacial score (nSPS) is 28.9. The van der Waals surface area contributed by atoms with Crippen LogP contribution >= 0.6 is 0 Å². The van der Waals surface area contributed by atoms with E-state index in [0.29, 0.717) is 37.8 Å². The van der Waals surface area contributed by atoms with Crippen molar-refractivity contribution in [2.24, 2.45) is 5.41 Å². The summed E-state index contributed by atoms with van der Waals surface area (Å²) in [5.41, 5.74) is 0.510. The van der Waals surface area contributed by atoms with Gasteiger partial charge >= 0.3 is 6.09 Å². The highest BCUT2D eigenvalue weighted by molar-refractivity contribution is 5.68. The molecular weight excluding hydrogens is 350 g/mol. The summed E-state index contributed by atoms with van der Waals surface area (Å²) in [6.07, 6.45) is -0.116. The maximum Gasteiger partial charge on any atom is 0.409 e. The van der Waals surface area contributed by atoms with Crippen LogP contribution < -0.4 is 9.47 Å². The lowest BCUT2D eigenvalue weighted by Gasteiger charge is -2.33. The van der Waals surface area contributed by atoms with Gasteiger partial charge in [-0.3, -0.25) is 0 Å². The summed E-state index contributed by atoms with van der Waals surface area (Å²) in [5, 5.41) is 10.5. The lowest BCUT2D eigenvalue weighted by Crippen LogP contribution is -2.38. The number of carbonyl (C=O) groups is 1. The second-order valence-corrected chi connectivity index (χ2v) is 7.60. The predicted octanol–water partition coefficient (Wildman–Crippen LogP) is 2.42. The van der Waals surface area contributed by atoms with E-state index >= 15 is 0 Å². The van der Waals surface area contributed by atoms with Gasteiger partial charge in [0.1, 0.15) is 6.10 Å². The molecule has 0 bridgehead atoms. The van der Waals surface area contributed by atoms with Gasteiger partial charge < -0.3 is 29.0 Å². The molecule has 2 saturated heterocycles. The fraction of sp³-hybridized carbons (Fsp3) is 0.650. The Balaban J connectivity index is 1.91. The minimum absolute atomic E-state index is 0.00689. The van der Waals surface area contributed by atoms with Gasteiger partial charge in [0.05, 0.1) is 33.5 Å². The summed E-state index contributed by atoms with van der Waals surface area (Å²) in [5.74, 6) is 1.27. The van der Waals surface area contributed by atoms with Gasteiger partial charge in [-0.05, 0) is 24.6 Å². The van der Waals surface area contributed by atoms with Crippen LogP contribution in [0.3, 0.4) is 0 Å². The van der Waals surface area contributed by atoms with Crippen LogP contribution in [0.15, 0.2) is 18.2 Å². The van der Waals surface area contributed by atoms with Gasteiger partial charge in [-0.15, -0.1) is 0 Å². The van der Waals surface area contributed by atoms with Crippen molar-refractivity contribution >= 4 is 6.09 Å². The molecule has 0 aliphatic carbocycles. The first-order chi connectivity index (χ1) is 12.9. The summed E-state index contributed by atoms with van der Waals surface area (Å²) >= 11 is 0. The molecule has 1 aromatic carbocycles. The van der Waals surface area contributed by atoms with Crippen molar-refractivity contribution in [3.8, 4) is 11.5 Å². The number of nitrogens with zero attached hydrogens (tertiary/aromatic N) is 1. The molecule has 7 heteroatoms. The second kappa shape index (κ2) is 7.94. The smallest absolute Gasteiger partial charge is 0.409 e. The van der Waals surface area contributed by atoms with Crippen LogP contribution in [0.1, 0.15) is 31.7 Å². The number of amides is 1. The van der Waals surface area contributed by atoms with E-state index in [4.69, 9.17) is 18.9 Å². The lowest BCUT2D eigenvalue weighted by atomic mass is 9.72. The third-order valence-electron chi connectivity index (χ3n) is 5.89. The van der Waals surface area contributed by atoms with E-state index in [-0.39, 0.29) is 18.1 Å². The molecule has 3 rings (SSSR count). The largest absolute Gasteiger partial charge is 0.493 e. The number of likely N-dealkylation sites (tertiary alicyclic amines) is 1. The number of benzene rings is 1. The van der Waals surface area contributed by atoms with Crippen LogP contribution in [0, 0.1) is 5.41 Å². The minimum Gasteiger partial charge on any atom is -0.493 e. The highest BCUT2D eigenvalue weighted by Crippen LogP contribution is 2.47. The van der Waals surface area contributed by atoms with Gasteiger partial charge in [-0.25, -0.2) is 4.79 Å². The van der Waals surface area contributed by atoms with Crippen molar-refractivity contribution in [2.75, 3.05) is 40.5 Å². The molecule has 4 atom stereocenters. The van der Waals surface area contributed by atoms with Crippen LogP contribution in [-0.4, -0.2) is 68.8 Å². The first-order valence-corrected chi connectivity index (χ1v) is 9.32. The average Bonchev–Trinajstić information content (AvgIpc) is 3.29. The van der Waals surface area contributed by atoms with Gasteiger partial charge in [0.25, 0.3) is 0 Å². The maximum atomic E-state index is 12.1. The van der Waals surface area contributed by atoms with Crippen LogP contribution in [0.25, 0.3) is 0 Å². The maximum absolute atomic E-state index is 12.1. The summed E-state index contributed by atoms with van der Waals surface area (Å²) in [6.45, 7) is 5.94. The van der Waals surface area contributed by atoms with Gasteiger partial charge in [0, 0.05) is 30.8 Å². The number of hydrogen-bond donors (Lipinski definition) is 1. The molecule has 0 saturated carbocycles. The monoisotopic (exact) mass is 379 g/mol. The van der Waals surface area contributed by atoms with Gasteiger partial charge in [0.15, 0.2) is 11.5 Å². The zero-order chi connectivity index (χ0) is 19.6. The van der Waals surface area contributed by atoms with E-state index in [1.165, 1.54) is 7.11 Å². The fourth-order valence-electron chi connectivity index (χ4n) is 3.98. The van der Waals surface area contributed by atoms with E-state index < -0.39 is 11.5 Å². The zero-order valence-electron chi connectivity index (χ0n) is 16.4. The Morgan fingerprint density at radius 3 is 2.74 bits per heavy atom. The van der Waals surface area contributed by atoms with Crippen molar-refractivity contribution in [2.45, 2.75) is 38.4 Å². The number of ether oxygens (including phenoxy) is 4. The second-order valence-electron chi connectivity index (χ2n) is 7.60. The van der Waals surface area contributed by atoms with Crippen LogP contribution in [-0.2, 0) is 9.47 Å². The van der Waals surface area contributed by atoms with Crippen LogP contribution in [0.4, 0.5) is 4.79 Å². The summed E-state index contributed by atoms with van der Waals surface area (Å²) in [7, 11) is 2.99. The Bertz CT molecular complexity index is 672. The third-order valence-corrected chi connectivity index (χ3v) is 5.89. The van der Waals surface area contributed by atoms with Crippen molar-refractivity contribution in [1.82, 2.24) is 4.90 Å². The molecule has 1 aromatic rings. The molecule has 0 aromatic heterocycles. The molecule has 0 spiro atoms. The third kappa shape index (κ3) is 3.84. The molecule has 2 heterocycles. The average molecular weight is 379 g/mol. The number of carbonyl (C=O) groups excluding carboxylic acids is 1. The summed E-state index contributed by atoms with van der Waals surface area (Å²) in [6, 6.07) is 5.82. The standard InChI is InChI=1S/C20H29NO6/c1-13(22)20(2)12-21(19(23)25-4)10-16(20)14-5-6-17(24-3)18(9-14)27-15-7-8-26-11-15/h5-6,9,13,15-16,22H,7-8,10-12H2,1-4H3/t13-,15-,16?,20+/m1/s1. The van der Waals surface area contributed by atoms with E-state index in [1.54, 1.807) is 18.9 Å². The fourth-order valence-corrected chi connectivity index (χ4v) is 3.98. The number of methoxy groups -OCH3 is 2. The van der Waals surface area contributed by atoms with Crippen LogP contribution in [0.2, 0.25) is 0 Å². The van der Waals surface area contributed by atoms with Gasteiger partial charge in [-0.1, -0.05) is 13.0 Å². The molecule has 2 aliphatic heterocycles. The van der Waals surface area contributed by atoms with E-state index in [2.05, 4.69) is 0 Å². The lowest BCUT2D eigenvalue weighted by molar-refractivity contribution is 0.0470. The van der Waals surface area contributed by atoms with Crippen molar-refractivity contribution < 1.29 is 28.8 Å². The Kier molecular flexibility index (Phi) is 5.81. The first-order valence-electron chi connectivity index (χ1n) is 9.32. The number of rotatable bonds is 5. The summed E-state index contributed by atoms with van der Waals surface area (Å²) in [4.78, 5) is 13.7. The molecule has 2 aliphatic rings. The Morgan fingerprint density at radius 1 is 1.37 bits per heavy atom. The molecule has 27 heavy (non-hydrogen) atoms. The molecule has 0 radical (unpaired) electrons. The molecule has 1 amide bonds. The van der Waals surface area contributed by atoms with Crippen molar-refractivity contribution in [3.63, 3.8) is 0 Å². The quantitative estimate of drug-likeness (QED) is 0.847. The highest BCUT2D eigenvalue weighted by atomic mass is 16.6. The van der Waals surface area contributed by atoms with Crippen LogP contribution in [0.5, 0.6) is 11.5 Å². The minimum atomic E-state index is -0.591. The van der Waals surface area contributed by atoms with E-state index in [0.717, 1.165) is 12.0 Å². The van der Waals surface area contributed by atoms with Gasteiger partial charge in [0.2, 0.25) is 0 Å². The Hall–Kier alpha value is -1.99. The number of aliphatic hydroxyl groups is 1. The van der Waals surface area contributed by atoms with Gasteiger partial charge in [-0.2, -0.15) is 0 Å². The molecule has 150 valence electrons. The number of hydrogen-bond acceptors (Lipinski definition) is 6.